The average Bonchev–Trinajstić information content (AvgIpc) is 2.94. The molecule has 2 heterocycles. The highest BCUT2D eigenvalue weighted by Gasteiger charge is 2.30. The van der Waals surface area contributed by atoms with Gasteiger partial charge >= 0.3 is 5.97 Å². The standard InChI is InChI=1S/C15H17N3O3/c1-2-13-16-14(21-17-13)9-18-7-10-5-3-4-6-11(10)12(8-18)15(19)20/h3-6,12H,2,7-9H2,1H3,(H,19,20). The SMILES string of the molecule is CCc1noc(CN2Cc3ccccc3C(C(=O)O)C2)n1. The zero-order valence-electron chi connectivity index (χ0n) is 11.8. The lowest BCUT2D eigenvalue weighted by Gasteiger charge is -2.31. The Morgan fingerprint density at radius 1 is 1.48 bits per heavy atom. The summed E-state index contributed by atoms with van der Waals surface area (Å²) in [6.45, 7) is 3.59. The first-order chi connectivity index (χ1) is 10.2. The van der Waals surface area contributed by atoms with Crippen LogP contribution >= 0.6 is 0 Å². The van der Waals surface area contributed by atoms with Crippen molar-refractivity contribution in [1.29, 1.82) is 0 Å². The van der Waals surface area contributed by atoms with Gasteiger partial charge in [0, 0.05) is 19.5 Å². The van der Waals surface area contributed by atoms with Crippen molar-refractivity contribution in [3.63, 3.8) is 0 Å². The molecular weight excluding hydrogens is 270 g/mol. The Morgan fingerprint density at radius 2 is 2.29 bits per heavy atom. The van der Waals surface area contributed by atoms with E-state index >= 15 is 0 Å². The fourth-order valence-electron chi connectivity index (χ4n) is 2.70. The Balaban J connectivity index is 1.81. The van der Waals surface area contributed by atoms with Crippen molar-refractivity contribution in [1.82, 2.24) is 15.0 Å². The van der Waals surface area contributed by atoms with Crippen molar-refractivity contribution in [3.8, 4) is 0 Å². The Kier molecular flexibility index (Phi) is 3.70. The van der Waals surface area contributed by atoms with E-state index in [4.69, 9.17) is 4.52 Å². The molecule has 1 atom stereocenters. The molecule has 110 valence electrons. The summed E-state index contributed by atoms with van der Waals surface area (Å²) in [5.41, 5.74) is 1.95. The second kappa shape index (κ2) is 5.65. The van der Waals surface area contributed by atoms with Gasteiger partial charge in [-0.15, -0.1) is 0 Å². The third kappa shape index (κ3) is 2.80. The second-order valence-corrected chi connectivity index (χ2v) is 5.22. The van der Waals surface area contributed by atoms with Crippen LogP contribution in [0.25, 0.3) is 0 Å². The number of aliphatic carboxylic acids is 1. The van der Waals surface area contributed by atoms with Gasteiger partial charge in [-0.1, -0.05) is 36.3 Å². The van der Waals surface area contributed by atoms with Gasteiger partial charge in [-0.2, -0.15) is 4.98 Å². The molecular formula is C15H17N3O3. The van der Waals surface area contributed by atoms with Gasteiger partial charge in [0.25, 0.3) is 0 Å². The summed E-state index contributed by atoms with van der Waals surface area (Å²) < 4.78 is 5.19. The fraction of sp³-hybridized carbons (Fsp3) is 0.400. The zero-order chi connectivity index (χ0) is 14.8. The average molecular weight is 287 g/mol. The van der Waals surface area contributed by atoms with Crippen LogP contribution in [0.2, 0.25) is 0 Å². The summed E-state index contributed by atoms with van der Waals surface area (Å²) in [5.74, 6) is -0.0944. The van der Waals surface area contributed by atoms with E-state index in [-0.39, 0.29) is 0 Å². The lowest BCUT2D eigenvalue weighted by atomic mass is 9.90. The van der Waals surface area contributed by atoms with E-state index < -0.39 is 11.9 Å². The largest absolute Gasteiger partial charge is 0.481 e. The lowest BCUT2D eigenvalue weighted by Crippen LogP contribution is -2.36. The number of nitrogens with zero attached hydrogens (tertiary/aromatic N) is 3. The van der Waals surface area contributed by atoms with E-state index in [0.717, 1.165) is 17.5 Å². The number of aryl methyl sites for hydroxylation is 1. The van der Waals surface area contributed by atoms with Gasteiger partial charge in [0.15, 0.2) is 5.82 Å². The molecule has 3 rings (SSSR count). The molecule has 1 aliphatic heterocycles. The quantitative estimate of drug-likeness (QED) is 0.924. The third-order valence-electron chi connectivity index (χ3n) is 3.75. The predicted molar refractivity (Wildman–Crippen MR) is 74.6 cm³/mol. The van der Waals surface area contributed by atoms with Crippen molar-refractivity contribution in [2.75, 3.05) is 6.54 Å². The predicted octanol–water partition coefficient (Wildman–Crippen LogP) is 1.82. The second-order valence-electron chi connectivity index (χ2n) is 5.22. The van der Waals surface area contributed by atoms with Crippen LogP contribution in [0.3, 0.4) is 0 Å². The molecule has 0 aliphatic carbocycles. The molecule has 1 N–H and O–H groups in total. The summed E-state index contributed by atoms with van der Waals surface area (Å²) in [6.07, 6.45) is 0.726. The van der Waals surface area contributed by atoms with Gasteiger partial charge in [-0.05, 0) is 11.1 Å². The van der Waals surface area contributed by atoms with Crippen molar-refractivity contribution in [2.24, 2.45) is 0 Å². The van der Waals surface area contributed by atoms with Gasteiger partial charge < -0.3 is 9.63 Å². The molecule has 0 amide bonds. The van der Waals surface area contributed by atoms with Gasteiger partial charge in [0.2, 0.25) is 5.89 Å². The first-order valence-electron chi connectivity index (χ1n) is 7.01. The zero-order valence-corrected chi connectivity index (χ0v) is 11.8. The van der Waals surface area contributed by atoms with Crippen molar-refractivity contribution in [3.05, 3.63) is 47.1 Å². The summed E-state index contributed by atoms with van der Waals surface area (Å²) in [5, 5.41) is 13.3. The number of carboxylic acids is 1. The molecule has 0 saturated carbocycles. The van der Waals surface area contributed by atoms with E-state index in [2.05, 4.69) is 10.1 Å². The number of carbonyl (C=O) groups is 1. The number of aromatic nitrogens is 2. The molecule has 0 bridgehead atoms. The number of rotatable bonds is 4. The highest BCUT2D eigenvalue weighted by molar-refractivity contribution is 5.77. The molecule has 0 radical (unpaired) electrons. The Morgan fingerprint density at radius 3 is 3.00 bits per heavy atom. The van der Waals surface area contributed by atoms with Crippen molar-refractivity contribution in [2.45, 2.75) is 32.4 Å². The van der Waals surface area contributed by atoms with Gasteiger partial charge in [-0.3, -0.25) is 9.69 Å². The summed E-state index contributed by atoms with van der Waals surface area (Å²) in [7, 11) is 0. The molecule has 6 nitrogen and oxygen atoms in total. The number of fused-ring (bicyclic) bond motifs is 1. The highest BCUT2D eigenvalue weighted by Crippen LogP contribution is 2.29. The smallest absolute Gasteiger partial charge is 0.312 e. The van der Waals surface area contributed by atoms with Crippen LogP contribution < -0.4 is 0 Å². The minimum Gasteiger partial charge on any atom is -0.481 e. The first-order valence-corrected chi connectivity index (χ1v) is 7.01. The van der Waals surface area contributed by atoms with Crippen LogP contribution in [0.5, 0.6) is 0 Å². The lowest BCUT2D eigenvalue weighted by molar-refractivity contribution is -0.139. The van der Waals surface area contributed by atoms with Crippen LogP contribution in [0.15, 0.2) is 28.8 Å². The number of benzene rings is 1. The molecule has 2 aromatic rings. The molecule has 1 unspecified atom stereocenters. The summed E-state index contributed by atoms with van der Waals surface area (Å²) in [6, 6.07) is 7.69. The Bertz CT molecular complexity index is 653. The first kappa shape index (κ1) is 13.8. The molecule has 1 aromatic carbocycles. The molecule has 0 fully saturated rings. The third-order valence-corrected chi connectivity index (χ3v) is 3.75. The minimum atomic E-state index is -0.799. The molecule has 0 saturated heterocycles. The van der Waals surface area contributed by atoms with E-state index in [1.54, 1.807) is 0 Å². The normalized spacial score (nSPS) is 18.4. The van der Waals surface area contributed by atoms with Crippen LogP contribution in [0, 0.1) is 0 Å². The fourth-order valence-corrected chi connectivity index (χ4v) is 2.70. The maximum Gasteiger partial charge on any atom is 0.312 e. The number of hydrogen-bond acceptors (Lipinski definition) is 5. The van der Waals surface area contributed by atoms with E-state index in [1.165, 1.54) is 0 Å². The van der Waals surface area contributed by atoms with Gasteiger partial charge in [0.1, 0.15) is 0 Å². The maximum atomic E-state index is 11.5. The molecule has 0 spiro atoms. The van der Waals surface area contributed by atoms with E-state index in [0.29, 0.717) is 31.3 Å². The monoisotopic (exact) mass is 287 g/mol. The van der Waals surface area contributed by atoms with E-state index in [9.17, 15) is 9.90 Å². The topological polar surface area (TPSA) is 79.5 Å². The molecule has 21 heavy (non-hydrogen) atoms. The Hall–Kier alpha value is -2.21. The van der Waals surface area contributed by atoms with E-state index in [1.807, 2.05) is 36.1 Å². The minimum absolute atomic E-state index is 0.455. The maximum absolute atomic E-state index is 11.5. The number of carboxylic acid groups (broad SMARTS) is 1. The Labute approximate surface area is 122 Å². The van der Waals surface area contributed by atoms with Crippen molar-refractivity contribution >= 4 is 5.97 Å². The molecule has 1 aliphatic rings. The number of hydrogen-bond donors (Lipinski definition) is 1. The summed E-state index contributed by atoms with van der Waals surface area (Å²) >= 11 is 0. The van der Waals surface area contributed by atoms with Gasteiger partial charge in [0.05, 0.1) is 12.5 Å². The van der Waals surface area contributed by atoms with Gasteiger partial charge in [-0.25, -0.2) is 0 Å². The highest BCUT2D eigenvalue weighted by atomic mass is 16.5. The van der Waals surface area contributed by atoms with Crippen LogP contribution in [0.4, 0.5) is 0 Å². The van der Waals surface area contributed by atoms with Crippen molar-refractivity contribution < 1.29 is 14.4 Å². The molecule has 6 heteroatoms. The summed E-state index contributed by atoms with van der Waals surface area (Å²) in [4.78, 5) is 17.8. The van der Waals surface area contributed by atoms with Crippen LogP contribution in [-0.2, 0) is 24.3 Å². The van der Waals surface area contributed by atoms with Crippen LogP contribution in [0.1, 0.15) is 35.7 Å². The van der Waals surface area contributed by atoms with Crippen LogP contribution in [-0.4, -0.2) is 32.7 Å². The molecule has 1 aromatic heterocycles.